The number of hydrogen-bond acceptors (Lipinski definition) is 7. The number of nitrogens with one attached hydrogen (secondary N) is 3. The molecule has 1 aromatic heterocycles. The van der Waals surface area contributed by atoms with Crippen molar-refractivity contribution in [3.63, 3.8) is 0 Å². The van der Waals surface area contributed by atoms with Gasteiger partial charge in [-0.15, -0.1) is 10.2 Å². The molecule has 2 aliphatic rings. The first-order valence-corrected chi connectivity index (χ1v) is 11.8. The summed E-state index contributed by atoms with van der Waals surface area (Å²) in [4.78, 5) is 12.1. The monoisotopic (exact) mass is 451 g/mol. The van der Waals surface area contributed by atoms with Crippen LogP contribution in [0.25, 0.3) is 16.1 Å². The molecule has 3 N–H and O–H groups in total. The predicted octanol–water partition coefficient (Wildman–Crippen LogP) is 3.68. The average Bonchev–Trinajstić information content (AvgIpc) is 3.25. The van der Waals surface area contributed by atoms with Crippen molar-refractivity contribution < 1.29 is 9.53 Å². The van der Waals surface area contributed by atoms with Crippen LogP contribution in [0.1, 0.15) is 48.9 Å². The largest absolute Gasteiger partial charge is 0.365 e. The zero-order chi connectivity index (χ0) is 22.7. The first-order valence-electron chi connectivity index (χ1n) is 11.0. The molecule has 0 saturated heterocycles. The lowest BCUT2D eigenvalue weighted by molar-refractivity contribution is -0.121. The number of carbonyl (C=O) groups is 1. The van der Waals surface area contributed by atoms with E-state index in [2.05, 4.69) is 33.0 Å². The minimum Gasteiger partial charge on any atom is -0.365 e. The number of amides is 1. The number of benzene rings is 1. The molecule has 32 heavy (non-hydrogen) atoms. The van der Waals surface area contributed by atoms with Crippen molar-refractivity contribution in [1.29, 1.82) is 5.41 Å². The van der Waals surface area contributed by atoms with Crippen molar-refractivity contribution in [2.45, 2.75) is 51.4 Å². The van der Waals surface area contributed by atoms with Crippen LogP contribution < -0.4 is 10.6 Å². The van der Waals surface area contributed by atoms with Crippen molar-refractivity contribution in [3.05, 3.63) is 52.6 Å². The van der Waals surface area contributed by atoms with Gasteiger partial charge in [-0.3, -0.25) is 4.79 Å². The molecule has 2 unspecified atom stereocenters. The highest BCUT2D eigenvalue weighted by molar-refractivity contribution is 7.15. The predicted molar refractivity (Wildman–Crippen MR) is 128 cm³/mol. The number of aromatic nitrogens is 2. The van der Waals surface area contributed by atoms with Crippen LogP contribution >= 0.6 is 11.3 Å². The third-order valence-electron chi connectivity index (χ3n) is 5.57. The number of fused-ring (bicyclic) bond motifs is 1. The van der Waals surface area contributed by atoms with Crippen LogP contribution in [-0.4, -0.2) is 47.6 Å². The molecule has 2 aliphatic carbocycles. The van der Waals surface area contributed by atoms with E-state index in [1.165, 1.54) is 22.5 Å². The van der Waals surface area contributed by atoms with E-state index in [1.807, 2.05) is 38.1 Å². The van der Waals surface area contributed by atoms with E-state index in [1.54, 1.807) is 7.05 Å². The molecule has 2 atom stereocenters. The number of nitrogens with zero attached hydrogens (tertiary/aromatic N) is 2. The molecule has 4 rings (SSSR count). The summed E-state index contributed by atoms with van der Waals surface area (Å²) in [6.45, 7) is 4.25. The van der Waals surface area contributed by atoms with Gasteiger partial charge in [0.05, 0.1) is 24.4 Å². The molecule has 0 saturated carbocycles. The van der Waals surface area contributed by atoms with Crippen LogP contribution in [0.5, 0.6) is 0 Å². The smallest absolute Gasteiger partial charge is 0.234 e. The van der Waals surface area contributed by atoms with Crippen LogP contribution in [0, 0.1) is 5.41 Å². The molecule has 1 amide bonds. The van der Waals surface area contributed by atoms with Gasteiger partial charge in [0.2, 0.25) is 5.91 Å². The highest BCUT2D eigenvalue weighted by atomic mass is 32.1. The Morgan fingerprint density at radius 3 is 2.88 bits per heavy atom. The minimum absolute atomic E-state index is 0.00664. The van der Waals surface area contributed by atoms with E-state index in [0.717, 1.165) is 40.4 Å². The van der Waals surface area contributed by atoms with Gasteiger partial charge in [-0.1, -0.05) is 35.6 Å². The Kier molecular flexibility index (Phi) is 6.93. The number of rotatable bonds is 7. The van der Waals surface area contributed by atoms with Crippen LogP contribution in [0.3, 0.4) is 0 Å². The zero-order valence-electron chi connectivity index (χ0n) is 18.6. The number of carbonyl (C=O) groups excluding carboxylic acids is 1. The second-order valence-corrected chi connectivity index (χ2v) is 9.33. The molecule has 0 spiro atoms. The van der Waals surface area contributed by atoms with Gasteiger partial charge in [-0.2, -0.15) is 0 Å². The van der Waals surface area contributed by atoms with Gasteiger partial charge in [0.1, 0.15) is 16.1 Å². The van der Waals surface area contributed by atoms with Gasteiger partial charge < -0.3 is 20.8 Å². The molecule has 0 bridgehead atoms. The highest BCUT2D eigenvalue weighted by Gasteiger charge is 2.25. The van der Waals surface area contributed by atoms with Gasteiger partial charge >= 0.3 is 0 Å². The maximum absolute atomic E-state index is 12.1. The summed E-state index contributed by atoms with van der Waals surface area (Å²) < 4.78 is 5.75. The van der Waals surface area contributed by atoms with Gasteiger partial charge in [0.15, 0.2) is 0 Å². The second kappa shape index (κ2) is 9.85. The SMILES string of the molecule is CNCC(=O)NC1CCCc2c(-c3nnc(C4=CC(=N)C(OC(C)C)C=C4)s3)cccc21. The van der Waals surface area contributed by atoms with Crippen molar-refractivity contribution >= 4 is 28.5 Å². The molecule has 1 aromatic carbocycles. The summed E-state index contributed by atoms with van der Waals surface area (Å²) in [5, 5.41) is 24.9. The summed E-state index contributed by atoms with van der Waals surface area (Å²) >= 11 is 1.53. The fraction of sp³-hybridized carbons (Fsp3) is 0.417. The van der Waals surface area contributed by atoms with E-state index < -0.39 is 0 Å². The number of likely N-dealkylation sites (N-methyl/N-ethyl adjacent to an activating group) is 1. The Bertz CT molecular complexity index is 1070. The van der Waals surface area contributed by atoms with Crippen LogP contribution in [0.15, 0.2) is 36.4 Å². The fourth-order valence-electron chi connectivity index (χ4n) is 4.19. The summed E-state index contributed by atoms with van der Waals surface area (Å²) in [6.07, 6.45) is 8.33. The van der Waals surface area contributed by atoms with Crippen LogP contribution in [-0.2, 0) is 16.0 Å². The Labute approximate surface area is 192 Å². The standard InChI is InChI=1S/C24H29N5O2S/c1-14(2)31-21-11-10-15(12-19(21)25)23-28-29-24(32-23)18-8-4-7-17-16(18)6-5-9-20(17)27-22(30)13-26-3/h4,7-8,10-12,14,20-21,25-26H,5-6,9,13H2,1-3H3,(H,27,30). The Balaban J connectivity index is 1.57. The quantitative estimate of drug-likeness (QED) is 0.596. The molecule has 2 aromatic rings. The Hall–Kier alpha value is -2.68. The fourth-order valence-corrected chi connectivity index (χ4v) is 5.08. The molecule has 0 fully saturated rings. The summed E-state index contributed by atoms with van der Waals surface area (Å²) in [6, 6.07) is 6.24. The molecule has 7 nitrogen and oxygen atoms in total. The molecule has 168 valence electrons. The summed E-state index contributed by atoms with van der Waals surface area (Å²) in [5.41, 5.74) is 4.79. The van der Waals surface area contributed by atoms with E-state index in [9.17, 15) is 4.79 Å². The maximum Gasteiger partial charge on any atom is 0.234 e. The lowest BCUT2D eigenvalue weighted by Crippen LogP contribution is -2.36. The molecule has 0 aliphatic heterocycles. The third-order valence-corrected chi connectivity index (χ3v) is 6.57. The normalized spacial score (nSPS) is 20.2. The van der Waals surface area contributed by atoms with Crippen molar-refractivity contribution in [3.8, 4) is 10.6 Å². The highest BCUT2D eigenvalue weighted by Crippen LogP contribution is 2.38. The van der Waals surface area contributed by atoms with E-state index >= 15 is 0 Å². The summed E-state index contributed by atoms with van der Waals surface area (Å²) in [7, 11) is 1.77. The molecule has 8 heteroatoms. The molecular formula is C24H29N5O2S. The number of ether oxygens (including phenoxy) is 1. The topological polar surface area (TPSA) is 100.0 Å². The van der Waals surface area contributed by atoms with Gasteiger partial charge in [-0.25, -0.2) is 0 Å². The van der Waals surface area contributed by atoms with Gasteiger partial charge in [0.25, 0.3) is 0 Å². The van der Waals surface area contributed by atoms with Gasteiger partial charge in [-0.05, 0) is 63.4 Å². The first kappa shape index (κ1) is 22.5. The molecule has 1 heterocycles. The van der Waals surface area contributed by atoms with E-state index in [0.29, 0.717) is 12.3 Å². The maximum atomic E-state index is 12.1. The number of allylic oxidation sites excluding steroid dienone is 2. The van der Waals surface area contributed by atoms with Crippen molar-refractivity contribution in [2.24, 2.45) is 0 Å². The third kappa shape index (κ3) is 4.87. The van der Waals surface area contributed by atoms with Crippen LogP contribution in [0.4, 0.5) is 0 Å². The van der Waals surface area contributed by atoms with E-state index in [-0.39, 0.29) is 24.2 Å². The second-order valence-electron chi connectivity index (χ2n) is 8.35. The zero-order valence-corrected chi connectivity index (χ0v) is 19.5. The molecular weight excluding hydrogens is 422 g/mol. The average molecular weight is 452 g/mol. The lowest BCUT2D eigenvalue weighted by atomic mass is 9.85. The van der Waals surface area contributed by atoms with Crippen LogP contribution in [0.2, 0.25) is 0 Å². The van der Waals surface area contributed by atoms with E-state index in [4.69, 9.17) is 10.1 Å². The summed E-state index contributed by atoms with van der Waals surface area (Å²) in [5.74, 6) is 0.00664. The first-order chi connectivity index (χ1) is 15.5. The number of hydrogen-bond donors (Lipinski definition) is 3. The minimum atomic E-state index is -0.317. The Morgan fingerprint density at radius 2 is 2.12 bits per heavy atom. The lowest BCUT2D eigenvalue weighted by Gasteiger charge is -2.27. The van der Waals surface area contributed by atoms with Crippen molar-refractivity contribution in [2.75, 3.05) is 13.6 Å². The molecule has 0 radical (unpaired) electrons. The van der Waals surface area contributed by atoms with Crippen molar-refractivity contribution in [1.82, 2.24) is 20.8 Å². The Morgan fingerprint density at radius 1 is 1.31 bits per heavy atom. The van der Waals surface area contributed by atoms with Gasteiger partial charge in [0, 0.05) is 11.1 Å².